The average Bonchev–Trinajstić information content (AvgIpc) is 3.09. The Morgan fingerprint density at radius 1 is 1.33 bits per heavy atom. The van der Waals surface area contributed by atoms with Gasteiger partial charge in [-0.15, -0.1) is 0 Å². The van der Waals surface area contributed by atoms with Crippen LogP contribution in [0, 0.1) is 5.92 Å². The van der Waals surface area contributed by atoms with Gasteiger partial charge >= 0.3 is 5.97 Å². The number of carboxylic acid groups (broad SMARTS) is 1. The van der Waals surface area contributed by atoms with Gasteiger partial charge in [0.15, 0.2) is 0 Å². The number of benzene rings is 1. The van der Waals surface area contributed by atoms with Gasteiger partial charge in [0.05, 0.1) is 18.1 Å². The van der Waals surface area contributed by atoms with Gasteiger partial charge in [0.2, 0.25) is 5.91 Å². The number of likely N-dealkylation sites (tertiary alicyclic amines) is 1. The van der Waals surface area contributed by atoms with Crippen molar-refractivity contribution in [3.05, 3.63) is 35.9 Å². The van der Waals surface area contributed by atoms with E-state index in [1.54, 1.807) is 4.90 Å². The van der Waals surface area contributed by atoms with Gasteiger partial charge in [0.1, 0.15) is 0 Å². The molecule has 5 nitrogen and oxygen atoms in total. The minimum Gasteiger partial charge on any atom is -0.481 e. The first-order chi connectivity index (χ1) is 10.2. The standard InChI is InChI=1S/C16H19NO4/c18-14-9-13(16(19)20)15(11-5-2-1-3-6-11)17(14)10-12-7-4-8-21-12/h1-3,5-6,12-13,15H,4,7-10H2,(H,19,20)/t12-,13-,15-/m0/s1. The van der Waals surface area contributed by atoms with Crippen molar-refractivity contribution in [3.63, 3.8) is 0 Å². The molecule has 1 aromatic carbocycles. The summed E-state index contributed by atoms with van der Waals surface area (Å²) in [5.74, 6) is -1.68. The van der Waals surface area contributed by atoms with Crippen molar-refractivity contribution >= 4 is 11.9 Å². The minimum absolute atomic E-state index is 0.0349. The Bertz CT molecular complexity index is 524. The molecule has 2 heterocycles. The highest BCUT2D eigenvalue weighted by molar-refractivity contribution is 5.87. The van der Waals surface area contributed by atoms with Crippen LogP contribution in [0.25, 0.3) is 0 Å². The molecule has 0 spiro atoms. The number of amides is 1. The Kier molecular flexibility index (Phi) is 3.92. The Morgan fingerprint density at radius 3 is 2.71 bits per heavy atom. The van der Waals surface area contributed by atoms with Crippen molar-refractivity contribution in [2.45, 2.75) is 31.4 Å². The van der Waals surface area contributed by atoms with Crippen LogP contribution in [0.1, 0.15) is 30.9 Å². The number of ether oxygens (including phenoxy) is 1. The smallest absolute Gasteiger partial charge is 0.309 e. The van der Waals surface area contributed by atoms with E-state index in [1.165, 1.54) is 0 Å². The third-order valence-electron chi connectivity index (χ3n) is 4.31. The molecule has 1 N–H and O–H groups in total. The highest BCUT2D eigenvalue weighted by Crippen LogP contribution is 2.38. The van der Waals surface area contributed by atoms with Crippen LogP contribution in [-0.4, -0.2) is 41.1 Å². The summed E-state index contributed by atoms with van der Waals surface area (Å²) in [5.41, 5.74) is 0.883. The first-order valence-corrected chi connectivity index (χ1v) is 7.35. The number of aliphatic carboxylic acids is 1. The number of carboxylic acids is 1. The first-order valence-electron chi connectivity index (χ1n) is 7.35. The highest BCUT2D eigenvalue weighted by Gasteiger charge is 2.45. The number of carbonyl (C=O) groups excluding carboxylic acids is 1. The van der Waals surface area contributed by atoms with E-state index in [0.29, 0.717) is 6.54 Å². The fraction of sp³-hybridized carbons (Fsp3) is 0.500. The van der Waals surface area contributed by atoms with E-state index in [0.717, 1.165) is 25.0 Å². The molecule has 0 unspecified atom stereocenters. The zero-order valence-electron chi connectivity index (χ0n) is 11.8. The second-order valence-electron chi connectivity index (χ2n) is 5.69. The summed E-state index contributed by atoms with van der Waals surface area (Å²) < 4.78 is 5.60. The van der Waals surface area contributed by atoms with Gasteiger partial charge in [0, 0.05) is 19.6 Å². The van der Waals surface area contributed by atoms with Gasteiger partial charge in [-0.2, -0.15) is 0 Å². The SMILES string of the molecule is O=C(O)[C@H]1CC(=O)N(C[C@@H]2CCCO2)[C@H]1c1ccccc1. The fourth-order valence-electron chi connectivity index (χ4n) is 3.30. The Morgan fingerprint density at radius 2 is 2.10 bits per heavy atom. The Labute approximate surface area is 123 Å². The van der Waals surface area contributed by atoms with Gasteiger partial charge < -0.3 is 14.7 Å². The van der Waals surface area contributed by atoms with Gasteiger partial charge in [-0.25, -0.2) is 0 Å². The summed E-state index contributed by atoms with van der Waals surface area (Å²) in [7, 11) is 0. The van der Waals surface area contributed by atoms with Crippen molar-refractivity contribution in [1.82, 2.24) is 4.90 Å². The summed E-state index contributed by atoms with van der Waals surface area (Å²) in [6.07, 6.45) is 2.04. The topological polar surface area (TPSA) is 66.8 Å². The molecule has 0 aromatic heterocycles. The van der Waals surface area contributed by atoms with Crippen molar-refractivity contribution < 1.29 is 19.4 Å². The largest absolute Gasteiger partial charge is 0.481 e. The molecule has 0 aliphatic carbocycles. The van der Waals surface area contributed by atoms with E-state index in [-0.39, 0.29) is 24.5 Å². The zero-order chi connectivity index (χ0) is 14.8. The lowest BCUT2D eigenvalue weighted by molar-refractivity contribution is -0.142. The lowest BCUT2D eigenvalue weighted by Gasteiger charge is -2.29. The van der Waals surface area contributed by atoms with Gasteiger partial charge in [-0.1, -0.05) is 30.3 Å². The van der Waals surface area contributed by atoms with E-state index in [1.807, 2.05) is 30.3 Å². The zero-order valence-corrected chi connectivity index (χ0v) is 11.8. The molecule has 3 rings (SSSR count). The molecule has 1 aromatic rings. The minimum atomic E-state index is -0.910. The summed E-state index contributed by atoms with van der Waals surface area (Å²) in [4.78, 5) is 25.5. The molecule has 5 heteroatoms. The van der Waals surface area contributed by atoms with E-state index < -0.39 is 11.9 Å². The van der Waals surface area contributed by atoms with Crippen LogP contribution >= 0.6 is 0 Å². The second kappa shape index (κ2) is 5.85. The molecule has 2 aliphatic heterocycles. The van der Waals surface area contributed by atoms with Crippen LogP contribution in [-0.2, 0) is 14.3 Å². The predicted molar refractivity (Wildman–Crippen MR) is 75.6 cm³/mol. The van der Waals surface area contributed by atoms with Gasteiger partial charge in [-0.05, 0) is 18.4 Å². The van der Waals surface area contributed by atoms with Crippen LogP contribution in [0.4, 0.5) is 0 Å². The van der Waals surface area contributed by atoms with Crippen LogP contribution in [0.5, 0.6) is 0 Å². The molecule has 1 amide bonds. The lowest BCUT2D eigenvalue weighted by Crippen LogP contribution is -2.36. The molecule has 0 radical (unpaired) electrons. The Balaban J connectivity index is 1.87. The van der Waals surface area contributed by atoms with E-state index in [4.69, 9.17) is 4.74 Å². The lowest BCUT2D eigenvalue weighted by atomic mass is 9.93. The maximum atomic E-state index is 12.3. The monoisotopic (exact) mass is 289 g/mol. The van der Waals surface area contributed by atoms with Crippen LogP contribution in [0.15, 0.2) is 30.3 Å². The van der Waals surface area contributed by atoms with Gasteiger partial charge in [0.25, 0.3) is 0 Å². The average molecular weight is 289 g/mol. The molecular weight excluding hydrogens is 270 g/mol. The maximum absolute atomic E-state index is 12.3. The first kappa shape index (κ1) is 14.1. The molecule has 2 saturated heterocycles. The summed E-state index contributed by atoms with van der Waals surface area (Å²) in [6, 6.07) is 9.03. The number of nitrogens with zero attached hydrogens (tertiary/aromatic N) is 1. The summed E-state index contributed by atoms with van der Waals surface area (Å²) in [6.45, 7) is 1.22. The molecule has 0 bridgehead atoms. The van der Waals surface area contributed by atoms with E-state index in [9.17, 15) is 14.7 Å². The van der Waals surface area contributed by atoms with Crippen LogP contribution in [0.2, 0.25) is 0 Å². The van der Waals surface area contributed by atoms with Crippen molar-refractivity contribution in [3.8, 4) is 0 Å². The molecule has 112 valence electrons. The van der Waals surface area contributed by atoms with E-state index >= 15 is 0 Å². The molecule has 2 fully saturated rings. The van der Waals surface area contributed by atoms with Crippen LogP contribution in [0.3, 0.4) is 0 Å². The third-order valence-corrected chi connectivity index (χ3v) is 4.31. The number of hydrogen-bond acceptors (Lipinski definition) is 3. The molecule has 0 saturated carbocycles. The summed E-state index contributed by atoms with van der Waals surface area (Å²) >= 11 is 0. The number of rotatable bonds is 4. The molecule has 2 aliphatic rings. The molecular formula is C16H19NO4. The highest BCUT2D eigenvalue weighted by atomic mass is 16.5. The van der Waals surface area contributed by atoms with Crippen molar-refractivity contribution in [2.24, 2.45) is 5.92 Å². The van der Waals surface area contributed by atoms with E-state index in [2.05, 4.69) is 0 Å². The summed E-state index contributed by atoms with van der Waals surface area (Å²) in [5, 5.41) is 9.43. The molecule has 21 heavy (non-hydrogen) atoms. The fourth-order valence-corrected chi connectivity index (χ4v) is 3.30. The van der Waals surface area contributed by atoms with Gasteiger partial charge in [-0.3, -0.25) is 9.59 Å². The number of hydrogen-bond donors (Lipinski definition) is 1. The number of carbonyl (C=O) groups is 2. The Hall–Kier alpha value is -1.88. The molecule has 3 atom stereocenters. The van der Waals surface area contributed by atoms with Crippen molar-refractivity contribution in [2.75, 3.05) is 13.2 Å². The maximum Gasteiger partial charge on any atom is 0.309 e. The predicted octanol–water partition coefficient (Wildman–Crippen LogP) is 1.84. The normalized spacial score (nSPS) is 29.0. The van der Waals surface area contributed by atoms with Crippen molar-refractivity contribution in [1.29, 1.82) is 0 Å². The quantitative estimate of drug-likeness (QED) is 0.918. The third kappa shape index (κ3) is 2.78. The second-order valence-corrected chi connectivity index (χ2v) is 5.69. The van der Waals surface area contributed by atoms with Crippen LogP contribution < -0.4 is 0 Å².